The van der Waals surface area contributed by atoms with Crippen LogP contribution in [0.3, 0.4) is 0 Å². The highest BCUT2D eigenvalue weighted by Gasteiger charge is 2.48. The molecule has 0 radical (unpaired) electrons. The molecule has 0 bridgehead atoms. The predicted octanol–water partition coefficient (Wildman–Crippen LogP) is 0.715. The van der Waals surface area contributed by atoms with Crippen LogP contribution in [0.15, 0.2) is 6.20 Å². The predicted molar refractivity (Wildman–Crippen MR) is 49.8 cm³/mol. The summed E-state index contributed by atoms with van der Waals surface area (Å²) >= 11 is 0. The lowest BCUT2D eigenvalue weighted by Crippen LogP contribution is -2.47. The molecule has 0 aromatic carbocycles. The molecule has 2 rings (SSSR count). The largest absolute Gasteiger partial charge is 0.493 e. The highest BCUT2D eigenvalue weighted by atomic mass is 19.1. The molecule has 0 aliphatic heterocycles. The Hall–Kier alpha value is -1.10. The summed E-state index contributed by atoms with van der Waals surface area (Å²) in [6, 6.07) is -0.0420. The van der Waals surface area contributed by atoms with E-state index < -0.39 is 5.67 Å². The molecule has 1 saturated carbocycles. The highest BCUT2D eigenvalue weighted by molar-refractivity contribution is 5.33. The van der Waals surface area contributed by atoms with Crippen LogP contribution in [0.2, 0.25) is 0 Å². The minimum atomic E-state index is -1.35. The molecule has 14 heavy (non-hydrogen) atoms. The van der Waals surface area contributed by atoms with Crippen LogP contribution in [0.5, 0.6) is 5.75 Å². The average Bonchev–Trinajstić information content (AvgIpc) is 2.44. The second-order valence-electron chi connectivity index (χ2n) is 3.82. The van der Waals surface area contributed by atoms with E-state index >= 15 is 0 Å². The summed E-state index contributed by atoms with van der Waals surface area (Å²) in [6.45, 7) is 0. The zero-order valence-corrected chi connectivity index (χ0v) is 8.33. The fraction of sp³-hybridized carbons (Fsp3) is 0.667. The molecule has 1 heterocycles. The molecule has 1 fully saturated rings. The molecule has 0 saturated heterocycles. The van der Waals surface area contributed by atoms with E-state index in [0.717, 1.165) is 0 Å². The minimum Gasteiger partial charge on any atom is -0.493 e. The van der Waals surface area contributed by atoms with Crippen molar-refractivity contribution in [2.75, 3.05) is 7.11 Å². The van der Waals surface area contributed by atoms with Gasteiger partial charge in [0.25, 0.3) is 0 Å². The van der Waals surface area contributed by atoms with E-state index in [0.29, 0.717) is 24.3 Å². The van der Waals surface area contributed by atoms with Gasteiger partial charge in [-0.3, -0.25) is 4.68 Å². The number of nitrogens with two attached hydrogens (primary N) is 1. The van der Waals surface area contributed by atoms with Crippen LogP contribution < -0.4 is 10.5 Å². The summed E-state index contributed by atoms with van der Waals surface area (Å²) in [5, 5.41) is 3.97. The lowest BCUT2D eigenvalue weighted by molar-refractivity contribution is 0.0296. The summed E-state index contributed by atoms with van der Waals surface area (Å²) < 4.78 is 20.8. The van der Waals surface area contributed by atoms with Gasteiger partial charge in [0, 0.05) is 25.9 Å². The van der Waals surface area contributed by atoms with Gasteiger partial charge in [-0.1, -0.05) is 0 Å². The molecule has 0 amide bonds. The molecule has 2 N–H and O–H groups in total. The van der Waals surface area contributed by atoms with E-state index in [1.54, 1.807) is 7.05 Å². The Morgan fingerprint density at radius 3 is 2.86 bits per heavy atom. The maximum absolute atomic E-state index is 14.2. The van der Waals surface area contributed by atoms with Gasteiger partial charge in [0.2, 0.25) is 0 Å². The number of nitrogens with zero attached hydrogens (tertiary/aromatic N) is 2. The lowest BCUT2D eigenvalue weighted by atomic mass is 9.75. The van der Waals surface area contributed by atoms with Crippen molar-refractivity contribution in [1.29, 1.82) is 0 Å². The third kappa shape index (κ3) is 1.19. The number of rotatable bonds is 2. The van der Waals surface area contributed by atoms with Crippen molar-refractivity contribution in [1.82, 2.24) is 9.78 Å². The number of aromatic nitrogens is 2. The third-order valence-electron chi connectivity index (χ3n) is 2.72. The minimum absolute atomic E-state index is 0.0420. The van der Waals surface area contributed by atoms with Gasteiger partial charge in [-0.2, -0.15) is 5.10 Å². The Morgan fingerprint density at radius 2 is 2.36 bits per heavy atom. The topological polar surface area (TPSA) is 53.1 Å². The van der Waals surface area contributed by atoms with Gasteiger partial charge >= 0.3 is 0 Å². The molecule has 0 unspecified atom stereocenters. The standard InChI is InChI=1S/C9H14FN3O/c1-13-8(7(14-2)5-12-13)9(10)3-6(11)4-9/h5-6H,3-4,11H2,1-2H3. The number of methoxy groups -OCH3 is 1. The van der Waals surface area contributed by atoms with Crippen LogP contribution >= 0.6 is 0 Å². The van der Waals surface area contributed by atoms with E-state index in [4.69, 9.17) is 10.5 Å². The molecule has 1 aromatic heterocycles. The third-order valence-corrected chi connectivity index (χ3v) is 2.72. The van der Waals surface area contributed by atoms with Gasteiger partial charge < -0.3 is 10.5 Å². The Balaban J connectivity index is 2.35. The van der Waals surface area contributed by atoms with Crippen molar-refractivity contribution in [3.05, 3.63) is 11.9 Å². The Bertz CT molecular complexity index is 344. The molecule has 1 aliphatic carbocycles. The van der Waals surface area contributed by atoms with Crippen molar-refractivity contribution < 1.29 is 9.13 Å². The first-order chi connectivity index (χ1) is 6.57. The summed E-state index contributed by atoms with van der Waals surface area (Å²) in [7, 11) is 3.23. The number of halogens is 1. The lowest BCUT2D eigenvalue weighted by Gasteiger charge is -2.39. The van der Waals surface area contributed by atoms with Crippen LogP contribution in [0.1, 0.15) is 18.5 Å². The zero-order chi connectivity index (χ0) is 10.3. The number of hydrogen-bond donors (Lipinski definition) is 1. The SMILES string of the molecule is COc1cnn(C)c1C1(F)CC(N)C1. The van der Waals surface area contributed by atoms with Gasteiger partial charge in [-0.15, -0.1) is 0 Å². The molecular formula is C9H14FN3O. The number of aryl methyl sites for hydroxylation is 1. The van der Waals surface area contributed by atoms with Crippen LogP contribution in [-0.4, -0.2) is 22.9 Å². The van der Waals surface area contributed by atoms with E-state index in [1.807, 2.05) is 0 Å². The number of ether oxygens (including phenoxy) is 1. The van der Waals surface area contributed by atoms with Gasteiger partial charge in [-0.05, 0) is 0 Å². The zero-order valence-electron chi connectivity index (χ0n) is 8.33. The van der Waals surface area contributed by atoms with E-state index in [2.05, 4.69) is 5.10 Å². The molecule has 1 aliphatic rings. The highest BCUT2D eigenvalue weighted by Crippen LogP contribution is 2.47. The van der Waals surface area contributed by atoms with E-state index in [1.165, 1.54) is 18.0 Å². The Kier molecular flexibility index (Phi) is 1.99. The fourth-order valence-corrected chi connectivity index (χ4v) is 2.04. The molecule has 78 valence electrons. The van der Waals surface area contributed by atoms with E-state index in [-0.39, 0.29) is 6.04 Å². The maximum atomic E-state index is 14.2. The van der Waals surface area contributed by atoms with Crippen molar-refractivity contribution in [3.63, 3.8) is 0 Å². The summed E-state index contributed by atoms with van der Waals surface area (Å²) in [4.78, 5) is 0. The van der Waals surface area contributed by atoms with Crippen molar-refractivity contribution >= 4 is 0 Å². The quantitative estimate of drug-likeness (QED) is 0.763. The first-order valence-corrected chi connectivity index (χ1v) is 4.58. The van der Waals surface area contributed by atoms with E-state index in [9.17, 15) is 4.39 Å². The molecular weight excluding hydrogens is 185 g/mol. The van der Waals surface area contributed by atoms with Crippen molar-refractivity contribution in [2.45, 2.75) is 24.6 Å². The van der Waals surface area contributed by atoms with Crippen molar-refractivity contribution in [2.24, 2.45) is 12.8 Å². The summed E-state index contributed by atoms with van der Waals surface area (Å²) in [5.74, 6) is 0.502. The Morgan fingerprint density at radius 1 is 1.71 bits per heavy atom. The Labute approximate surface area is 81.8 Å². The molecule has 0 spiro atoms. The second kappa shape index (κ2) is 2.95. The smallest absolute Gasteiger partial charge is 0.163 e. The maximum Gasteiger partial charge on any atom is 0.163 e. The van der Waals surface area contributed by atoms with Gasteiger partial charge in [-0.25, -0.2) is 4.39 Å². The molecule has 0 atom stereocenters. The molecule has 5 heteroatoms. The van der Waals surface area contributed by atoms with Crippen LogP contribution in [0.25, 0.3) is 0 Å². The van der Waals surface area contributed by atoms with Crippen LogP contribution in [-0.2, 0) is 12.7 Å². The van der Waals surface area contributed by atoms with Gasteiger partial charge in [0.1, 0.15) is 5.69 Å². The van der Waals surface area contributed by atoms with Crippen LogP contribution in [0, 0.1) is 0 Å². The molecule has 1 aromatic rings. The number of alkyl halides is 1. The van der Waals surface area contributed by atoms with Gasteiger partial charge in [0.05, 0.1) is 13.3 Å². The second-order valence-corrected chi connectivity index (χ2v) is 3.82. The van der Waals surface area contributed by atoms with Crippen molar-refractivity contribution in [3.8, 4) is 5.75 Å². The van der Waals surface area contributed by atoms with Gasteiger partial charge in [0.15, 0.2) is 11.4 Å². The average molecular weight is 199 g/mol. The molecule has 4 nitrogen and oxygen atoms in total. The summed E-state index contributed by atoms with van der Waals surface area (Å²) in [6.07, 6.45) is 2.23. The first-order valence-electron chi connectivity index (χ1n) is 4.58. The monoisotopic (exact) mass is 199 g/mol. The summed E-state index contributed by atoms with van der Waals surface area (Å²) in [5.41, 5.74) is 4.74. The van der Waals surface area contributed by atoms with Crippen LogP contribution in [0.4, 0.5) is 4.39 Å². The normalized spacial score (nSPS) is 31.3. The fourth-order valence-electron chi connectivity index (χ4n) is 2.04. The number of hydrogen-bond acceptors (Lipinski definition) is 3. The first kappa shape index (κ1) is 9.45.